The molecule has 0 aromatic heterocycles. The second-order valence-electron chi connectivity index (χ2n) is 7.38. The third-order valence-corrected chi connectivity index (χ3v) is 4.97. The molecule has 0 bridgehead atoms. The van der Waals surface area contributed by atoms with Gasteiger partial charge in [-0.05, 0) is 47.2 Å². The largest absolute Gasteiger partial charge is 0.462 e. The minimum absolute atomic E-state index is 0.300. The zero-order valence-corrected chi connectivity index (χ0v) is 17.2. The van der Waals surface area contributed by atoms with Crippen LogP contribution in [0, 0.1) is 11.8 Å². The zero-order valence-electron chi connectivity index (χ0n) is 17.2. The van der Waals surface area contributed by atoms with Gasteiger partial charge in [-0.1, -0.05) is 64.8 Å². The van der Waals surface area contributed by atoms with Gasteiger partial charge in [-0.3, -0.25) is 0 Å². The lowest BCUT2D eigenvalue weighted by Crippen LogP contribution is -2.11. The molecule has 2 unspecified atom stereocenters. The van der Waals surface area contributed by atoms with Crippen LogP contribution in [0.25, 0.3) is 11.1 Å². The molecule has 0 aliphatic rings. The molecular formula is C24H30O4. The quantitative estimate of drug-likeness (QED) is 0.517. The van der Waals surface area contributed by atoms with Crippen molar-refractivity contribution in [3.63, 3.8) is 0 Å². The SMILES string of the molecule is CCC(C)COC(=O)c1ccc(-c2ccc(C(=O)OCC(C)CC)cc2)cc1. The molecule has 0 aliphatic carbocycles. The molecule has 0 N–H and O–H groups in total. The number of carbonyl (C=O) groups excluding carboxylic acids is 2. The van der Waals surface area contributed by atoms with Crippen molar-refractivity contribution in [1.29, 1.82) is 0 Å². The Morgan fingerprint density at radius 3 is 1.29 bits per heavy atom. The molecule has 0 spiro atoms. The van der Waals surface area contributed by atoms with E-state index in [9.17, 15) is 9.59 Å². The number of esters is 2. The maximum atomic E-state index is 12.1. The molecule has 4 nitrogen and oxygen atoms in total. The molecule has 0 fully saturated rings. The van der Waals surface area contributed by atoms with Gasteiger partial charge in [0.25, 0.3) is 0 Å². The summed E-state index contributed by atoms with van der Waals surface area (Å²) in [6.07, 6.45) is 1.96. The number of carbonyl (C=O) groups is 2. The van der Waals surface area contributed by atoms with E-state index >= 15 is 0 Å². The Balaban J connectivity index is 1.98. The normalized spacial score (nSPS) is 12.9. The van der Waals surface area contributed by atoms with E-state index < -0.39 is 0 Å². The van der Waals surface area contributed by atoms with Crippen molar-refractivity contribution in [2.45, 2.75) is 40.5 Å². The minimum Gasteiger partial charge on any atom is -0.462 e. The lowest BCUT2D eigenvalue weighted by atomic mass is 10.0. The highest BCUT2D eigenvalue weighted by molar-refractivity contribution is 5.91. The summed E-state index contributed by atoms with van der Waals surface area (Å²) >= 11 is 0. The van der Waals surface area contributed by atoms with Crippen LogP contribution in [-0.2, 0) is 9.47 Å². The molecule has 28 heavy (non-hydrogen) atoms. The monoisotopic (exact) mass is 382 g/mol. The predicted molar refractivity (Wildman–Crippen MR) is 111 cm³/mol. The highest BCUT2D eigenvalue weighted by Gasteiger charge is 2.11. The second kappa shape index (κ2) is 10.6. The number of ether oxygens (including phenoxy) is 2. The third kappa shape index (κ3) is 6.22. The fourth-order valence-electron chi connectivity index (χ4n) is 2.44. The van der Waals surface area contributed by atoms with E-state index in [4.69, 9.17) is 9.47 Å². The minimum atomic E-state index is -0.300. The van der Waals surface area contributed by atoms with Crippen LogP contribution >= 0.6 is 0 Å². The molecule has 0 heterocycles. The predicted octanol–water partition coefficient (Wildman–Crippen LogP) is 5.76. The summed E-state index contributed by atoms with van der Waals surface area (Å²) in [6.45, 7) is 9.13. The molecule has 0 aliphatic heterocycles. The maximum Gasteiger partial charge on any atom is 0.338 e. The first kappa shape index (κ1) is 21.7. The number of rotatable bonds is 9. The van der Waals surface area contributed by atoms with Crippen LogP contribution in [-0.4, -0.2) is 25.2 Å². The fourth-order valence-corrected chi connectivity index (χ4v) is 2.44. The van der Waals surface area contributed by atoms with Crippen LogP contribution in [0.15, 0.2) is 48.5 Å². The standard InChI is InChI=1S/C24H30O4/c1-5-17(3)15-27-23(25)21-11-7-19(8-12-21)20-9-13-22(14-10-20)24(26)28-16-18(4)6-2/h7-14,17-18H,5-6,15-16H2,1-4H3. The van der Waals surface area contributed by atoms with Crippen molar-refractivity contribution >= 4 is 11.9 Å². The first-order valence-electron chi connectivity index (χ1n) is 9.99. The van der Waals surface area contributed by atoms with Crippen LogP contribution in [0.4, 0.5) is 0 Å². The lowest BCUT2D eigenvalue weighted by molar-refractivity contribution is 0.0438. The molecule has 0 saturated carbocycles. The average Bonchev–Trinajstić information content (AvgIpc) is 2.75. The molecule has 0 radical (unpaired) electrons. The molecule has 150 valence electrons. The Hall–Kier alpha value is -2.62. The van der Waals surface area contributed by atoms with Gasteiger partial charge in [0.15, 0.2) is 0 Å². The Morgan fingerprint density at radius 2 is 1.00 bits per heavy atom. The summed E-state index contributed by atoms with van der Waals surface area (Å²) in [6, 6.07) is 14.6. The van der Waals surface area contributed by atoms with Crippen LogP contribution in [0.2, 0.25) is 0 Å². The highest BCUT2D eigenvalue weighted by Crippen LogP contribution is 2.21. The Bertz CT molecular complexity index is 695. The van der Waals surface area contributed by atoms with Crippen molar-refractivity contribution in [1.82, 2.24) is 0 Å². The van der Waals surface area contributed by atoms with E-state index in [0.717, 1.165) is 24.0 Å². The summed E-state index contributed by atoms with van der Waals surface area (Å²) in [5.41, 5.74) is 3.02. The molecule has 4 heteroatoms. The summed E-state index contributed by atoms with van der Waals surface area (Å²) in [4.78, 5) is 24.2. The van der Waals surface area contributed by atoms with Gasteiger partial charge in [0, 0.05) is 0 Å². The van der Waals surface area contributed by atoms with Gasteiger partial charge in [-0.2, -0.15) is 0 Å². The van der Waals surface area contributed by atoms with E-state index in [1.54, 1.807) is 24.3 Å². The maximum absolute atomic E-state index is 12.1. The Kier molecular flexibility index (Phi) is 8.24. The average molecular weight is 383 g/mol. The molecular weight excluding hydrogens is 352 g/mol. The first-order valence-corrected chi connectivity index (χ1v) is 9.99. The van der Waals surface area contributed by atoms with Gasteiger partial charge >= 0.3 is 11.9 Å². The van der Waals surface area contributed by atoms with E-state index in [2.05, 4.69) is 27.7 Å². The van der Waals surface area contributed by atoms with E-state index in [1.807, 2.05) is 24.3 Å². The zero-order chi connectivity index (χ0) is 20.5. The van der Waals surface area contributed by atoms with Gasteiger partial charge in [-0.25, -0.2) is 9.59 Å². The second-order valence-corrected chi connectivity index (χ2v) is 7.38. The molecule has 0 saturated heterocycles. The Morgan fingerprint density at radius 1 is 0.679 bits per heavy atom. The van der Waals surface area contributed by atoms with Gasteiger partial charge in [0.05, 0.1) is 24.3 Å². The molecule has 0 amide bonds. The summed E-state index contributed by atoms with van der Waals surface area (Å²) in [5.74, 6) is 0.120. The topological polar surface area (TPSA) is 52.6 Å². The van der Waals surface area contributed by atoms with Gasteiger partial charge < -0.3 is 9.47 Å². The summed E-state index contributed by atoms with van der Waals surface area (Å²) in [7, 11) is 0. The van der Waals surface area contributed by atoms with Crippen molar-refractivity contribution in [3.8, 4) is 11.1 Å². The third-order valence-electron chi connectivity index (χ3n) is 4.97. The molecule has 2 atom stereocenters. The number of benzene rings is 2. The summed E-state index contributed by atoms with van der Waals surface area (Å²) in [5, 5.41) is 0. The van der Waals surface area contributed by atoms with Gasteiger partial charge in [0.2, 0.25) is 0 Å². The Labute approximate surface area is 167 Å². The van der Waals surface area contributed by atoms with E-state index in [1.165, 1.54) is 0 Å². The van der Waals surface area contributed by atoms with E-state index in [-0.39, 0.29) is 11.9 Å². The number of hydrogen-bond donors (Lipinski definition) is 0. The van der Waals surface area contributed by atoms with Crippen molar-refractivity contribution in [3.05, 3.63) is 59.7 Å². The smallest absolute Gasteiger partial charge is 0.338 e. The lowest BCUT2D eigenvalue weighted by Gasteiger charge is -2.11. The number of hydrogen-bond acceptors (Lipinski definition) is 4. The molecule has 2 rings (SSSR count). The highest BCUT2D eigenvalue weighted by atomic mass is 16.5. The van der Waals surface area contributed by atoms with Crippen molar-refractivity contribution < 1.29 is 19.1 Å². The van der Waals surface area contributed by atoms with Crippen molar-refractivity contribution in [2.75, 3.05) is 13.2 Å². The van der Waals surface area contributed by atoms with Gasteiger partial charge in [-0.15, -0.1) is 0 Å². The van der Waals surface area contributed by atoms with Gasteiger partial charge in [0.1, 0.15) is 0 Å². The van der Waals surface area contributed by atoms with Crippen molar-refractivity contribution in [2.24, 2.45) is 11.8 Å². The fraction of sp³-hybridized carbons (Fsp3) is 0.417. The van der Waals surface area contributed by atoms with Crippen LogP contribution in [0.3, 0.4) is 0 Å². The van der Waals surface area contributed by atoms with Crippen LogP contribution in [0.5, 0.6) is 0 Å². The molecule has 2 aromatic carbocycles. The first-order chi connectivity index (χ1) is 13.4. The van der Waals surface area contributed by atoms with E-state index in [0.29, 0.717) is 36.2 Å². The summed E-state index contributed by atoms with van der Waals surface area (Å²) < 4.78 is 10.7. The molecule has 2 aromatic rings. The van der Waals surface area contributed by atoms with Crippen LogP contribution in [0.1, 0.15) is 61.3 Å². The van der Waals surface area contributed by atoms with Crippen LogP contribution < -0.4 is 0 Å².